The van der Waals surface area contributed by atoms with E-state index in [1.165, 1.54) is 37.4 Å². The number of hydrogen-bond donors (Lipinski definition) is 1. The molecule has 1 N–H and O–H groups in total. The molecule has 128 valence electrons. The summed E-state index contributed by atoms with van der Waals surface area (Å²) in [6, 6.07) is 10.2. The number of esters is 1. The number of nitrogens with one attached hydrogen (secondary N) is 1. The largest absolute Gasteiger partial charge is 0.497 e. The zero-order valence-corrected chi connectivity index (χ0v) is 14.6. The minimum absolute atomic E-state index is 0.0777. The summed E-state index contributed by atoms with van der Waals surface area (Å²) in [7, 11) is -2.28. The Morgan fingerprint density at radius 2 is 1.83 bits per heavy atom. The second-order valence-electron chi connectivity index (χ2n) is 4.70. The lowest BCUT2D eigenvalue weighted by Crippen LogP contribution is -2.13. The molecule has 2 rings (SSSR count). The molecule has 8 heteroatoms. The van der Waals surface area contributed by atoms with Crippen molar-refractivity contribution in [2.24, 2.45) is 0 Å². The maximum Gasteiger partial charge on any atom is 0.339 e. The van der Waals surface area contributed by atoms with Crippen molar-refractivity contribution in [3.63, 3.8) is 0 Å². The number of rotatable bonds is 6. The maximum atomic E-state index is 12.3. The van der Waals surface area contributed by atoms with Crippen LogP contribution in [0.4, 0.5) is 5.69 Å². The minimum Gasteiger partial charge on any atom is -0.497 e. The van der Waals surface area contributed by atoms with E-state index in [1.54, 1.807) is 19.1 Å². The van der Waals surface area contributed by atoms with Gasteiger partial charge in [0, 0.05) is 0 Å². The van der Waals surface area contributed by atoms with Gasteiger partial charge in [0.1, 0.15) is 5.75 Å². The molecule has 2 aromatic rings. The van der Waals surface area contributed by atoms with Crippen molar-refractivity contribution in [3.05, 3.63) is 53.1 Å². The van der Waals surface area contributed by atoms with Gasteiger partial charge in [-0.15, -0.1) is 0 Å². The summed E-state index contributed by atoms with van der Waals surface area (Å²) in [4.78, 5) is 11.8. The molecule has 0 bridgehead atoms. The van der Waals surface area contributed by atoms with Crippen molar-refractivity contribution in [2.45, 2.75) is 11.8 Å². The summed E-state index contributed by atoms with van der Waals surface area (Å²) in [5, 5.41) is 0.100. The van der Waals surface area contributed by atoms with Gasteiger partial charge in [0.25, 0.3) is 10.0 Å². The zero-order valence-electron chi connectivity index (χ0n) is 13.1. The quantitative estimate of drug-likeness (QED) is 0.790. The Bertz CT molecular complexity index is 834. The van der Waals surface area contributed by atoms with Crippen LogP contribution in [0.25, 0.3) is 0 Å². The van der Waals surface area contributed by atoms with Gasteiger partial charge in [0.15, 0.2) is 0 Å². The van der Waals surface area contributed by atoms with Gasteiger partial charge in [-0.3, -0.25) is 4.72 Å². The lowest BCUT2D eigenvalue weighted by atomic mass is 10.2. The molecule has 0 atom stereocenters. The summed E-state index contributed by atoms with van der Waals surface area (Å²) in [6.45, 7) is 1.91. The first-order valence-electron chi connectivity index (χ1n) is 7.01. The fourth-order valence-corrected chi connectivity index (χ4v) is 3.23. The van der Waals surface area contributed by atoms with Crippen LogP contribution >= 0.6 is 11.6 Å². The number of ether oxygens (including phenoxy) is 2. The summed E-state index contributed by atoms with van der Waals surface area (Å²) in [5.74, 6) is -0.0113. The topological polar surface area (TPSA) is 81.7 Å². The second-order valence-corrected chi connectivity index (χ2v) is 6.79. The minimum atomic E-state index is -3.78. The zero-order chi connectivity index (χ0) is 17.7. The molecule has 0 aliphatic heterocycles. The van der Waals surface area contributed by atoms with Crippen LogP contribution in [-0.4, -0.2) is 28.1 Å². The number of benzene rings is 2. The highest BCUT2D eigenvalue weighted by Crippen LogP contribution is 2.24. The van der Waals surface area contributed by atoms with E-state index >= 15 is 0 Å². The molecular weight excluding hydrogens is 354 g/mol. The molecule has 0 aromatic heterocycles. The molecule has 0 heterocycles. The monoisotopic (exact) mass is 369 g/mol. The lowest BCUT2D eigenvalue weighted by Gasteiger charge is -2.10. The highest BCUT2D eigenvalue weighted by Gasteiger charge is 2.17. The van der Waals surface area contributed by atoms with Crippen molar-refractivity contribution in [2.75, 3.05) is 18.4 Å². The van der Waals surface area contributed by atoms with E-state index in [0.717, 1.165) is 0 Å². The number of halogens is 1. The summed E-state index contributed by atoms with van der Waals surface area (Å²) < 4.78 is 37.0. The molecule has 0 spiro atoms. The van der Waals surface area contributed by atoms with Crippen LogP contribution < -0.4 is 9.46 Å². The Morgan fingerprint density at radius 1 is 1.17 bits per heavy atom. The van der Waals surface area contributed by atoms with Crippen LogP contribution in [0, 0.1) is 0 Å². The van der Waals surface area contributed by atoms with E-state index in [0.29, 0.717) is 5.75 Å². The van der Waals surface area contributed by atoms with Crippen LogP contribution in [0.5, 0.6) is 5.75 Å². The van der Waals surface area contributed by atoms with Gasteiger partial charge in [-0.25, -0.2) is 13.2 Å². The third-order valence-electron chi connectivity index (χ3n) is 3.09. The molecule has 6 nitrogen and oxygen atoms in total. The predicted molar refractivity (Wildman–Crippen MR) is 91.2 cm³/mol. The molecule has 0 radical (unpaired) electrons. The molecule has 0 amide bonds. The first-order chi connectivity index (χ1) is 11.4. The highest BCUT2D eigenvalue weighted by atomic mass is 35.5. The Hall–Kier alpha value is -2.25. The Balaban J connectivity index is 2.23. The van der Waals surface area contributed by atoms with E-state index in [9.17, 15) is 13.2 Å². The molecule has 0 aliphatic carbocycles. The summed E-state index contributed by atoms with van der Waals surface area (Å²) in [6.07, 6.45) is 0. The molecular formula is C16H16ClNO5S. The fourth-order valence-electron chi connectivity index (χ4n) is 1.92. The van der Waals surface area contributed by atoms with Gasteiger partial charge in [-0.05, 0) is 49.4 Å². The summed E-state index contributed by atoms with van der Waals surface area (Å²) in [5.41, 5.74) is 0.412. The van der Waals surface area contributed by atoms with Crippen molar-refractivity contribution in [1.82, 2.24) is 0 Å². The van der Waals surface area contributed by atoms with Gasteiger partial charge in [-0.2, -0.15) is 0 Å². The molecule has 0 unspecified atom stereocenters. The van der Waals surface area contributed by atoms with Gasteiger partial charge >= 0.3 is 5.97 Å². The molecule has 0 saturated heterocycles. The van der Waals surface area contributed by atoms with E-state index < -0.39 is 16.0 Å². The molecule has 0 saturated carbocycles. The Morgan fingerprint density at radius 3 is 2.38 bits per heavy atom. The average Bonchev–Trinajstić information content (AvgIpc) is 2.54. The third-order valence-corrected chi connectivity index (χ3v) is 4.80. The standard InChI is InChI=1S/C16H16ClNO5S/c1-3-23-16(19)14-9-4-11(10-15(14)17)18-24(20,21)13-7-5-12(22-2)6-8-13/h4-10,18H,3H2,1-2H3. The van der Waals surface area contributed by atoms with Crippen LogP contribution in [-0.2, 0) is 14.8 Å². The van der Waals surface area contributed by atoms with Crippen LogP contribution in [0.3, 0.4) is 0 Å². The SMILES string of the molecule is CCOC(=O)c1ccc(NS(=O)(=O)c2ccc(OC)cc2)cc1Cl. The normalized spacial score (nSPS) is 11.0. The number of hydrogen-bond acceptors (Lipinski definition) is 5. The Kier molecular flexibility index (Phi) is 5.69. The predicted octanol–water partition coefficient (Wildman–Crippen LogP) is 3.33. The molecule has 2 aromatic carbocycles. The van der Waals surface area contributed by atoms with Gasteiger partial charge < -0.3 is 9.47 Å². The lowest BCUT2D eigenvalue weighted by molar-refractivity contribution is 0.0526. The van der Waals surface area contributed by atoms with Crippen LogP contribution in [0.2, 0.25) is 5.02 Å². The first kappa shape index (κ1) is 18.1. The Labute approximate surface area is 145 Å². The third kappa shape index (κ3) is 4.18. The van der Waals surface area contributed by atoms with Crippen molar-refractivity contribution in [3.8, 4) is 5.75 Å². The number of anilines is 1. The van der Waals surface area contributed by atoms with Gasteiger partial charge in [-0.1, -0.05) is 11.6 Å². The highest BCUT2D eigenvalue weighted by molar-refractivity contribution is 7.92. The van der Waals surface area contributed by atoms with Crippen molar-refractivity contribution >= 4 is 33.3 Å². The van der Waals surface area contributed by atoms with Crippen LogP contribution in [0.1, 0.15) is 17.3 Å². The number of sulfonamides is 1. The van der Waals surface area contributed by atoms with Crippen molar-refractivity contribution in [1.29, 1.82) is 0 Å². The van der Waals surface area contributed by atoms with E-state index in [1.807, 2.05) is 0 Å². The average molecular weight is 370 g/mol. The number of methoxy groups -OCH3 is 1. The molecule has 0 aliphatic rings. The number of carbonyl (C=O) groups is 1. The van der Waals surface area contributed by atoms with Crippen LogP contribution in [0.15, 0.2) is 47.4 Å². The fraction of sp³-hybridized carbons (Fsp3) is 0.188. The van der Waals surface area contributed by atoms with Crippen molar-refractivity contribution < 1.29 is 22.7 Å². The number of carbonyl (C=O) groups excluding carboxylic acids is 1. The second kappa shape index (κ2) is 7.55. The maximum absolute atomic E-state index is 12.3. The molecule has 24 heavy (non-hydrogen) atoms. The summed E-state index contributed by atoms with van der Waals surface area (Å²) >= 11 is 6.02. The smallest absolute Gasteiger partial charge is 0.339 e. The van der Waals surface area contributed by atoms with Gasteiger partial charge in [0.05, 0.1) is 34.9 Å². The molecule has 0 fully saturated rings. The van der Waals surface area contributed by atoms with E-state index in [4.69, 9.17) is 21.1 Å². The van der Waals surface area contributed by atoms with E-state index in [2.05, 4.69) is 4.72 Å². The van der Waals surface area contributed by atoms with Gasteiger partial charge in [0.2, 0.25) is 0 Å². The van der Waals surface area contributed by atoms with E-state index in [-0.39, 0.29) is 27.8 Å². The first-order valence-corrected chi connectivity index (χ1v) is 8.87.